The molecule has 4 heteroatoms. The maximum absolute atomic E-state index is 4.38. The quantitative estimate of drug-likeness (QED) is 0.797. The van der Waals surface area contributed by atoms with Crippen LogP contribution in [0, 0.1) is 0 Å². The van der Waals surface area contributed by atoms with Crippen molar-refractivity contribution in [3.63, 3.8) is 0 Å². The molecule has 1 N–H and O–H groups in total. The van der Waals surface area contributed by atoms with Gasteiger partial charge in [-0.25, -0.2) is 4.98 Å². The molecule has 0 spiro atoms. The molecule has 2 rings (SSSR count). The van der Waals surface area contributed by atoms with Gasteiger partial charge in [-0.1, -0.05) is 6.07 Å². The maximum atomic E-state index is 4.38. The Kier molecular flexibility index (Phi) is 4.13. The van der Waals surface area contributed by atoms with Gasteiger partial charge in [-0.3, -0.25) is 4.90 Å². The van der Waals surface area contributed by atoms with Crippen molar-refractivity contribution in [2.75, 3.05) is 51.2 Å². The summed E-state index contributed by atoms with van der Waals surface area (Å²) in [5, 5.41) is 3.19. The molecule has 0 radical (unpaired) electrons. The molecule has 0 atom stereocenters. The minimum Gasteiger partial charge on any atom is -0.354 e. The molecule has 1 aliphatic heterocycles. The van der Waals surface area contributed by atoms with E-state index in [1.54, 1.807) is 0 Å². The Hall–Kier alpha value is -1.13. The van der Waals surface area contributed by atoms with Crippen molar-refractivity contribution < 1.29 is 0 Å². The summed E-state index contributed by atoms with van der Waals surface area (Å²) in [6.07, 6.45) is 1.86. The summed E-state index contributed by atoms with van der Waals surface area (Å²) in [5.41, 5.74) is 0. The van der Waals surface area contributed by atoms with E-state index in [1.807, 2.05) is 19.3 Å². The van der Waals surface area contributed by atoms with Gasteiger partial charge in [0.05, 0.1) is 0 Å². The lowest BCUT2D eigenvalue weighted by molar-refractivity contribution is 0.259. The second kappa shape index (κ2) is 5.82. The Balaban J connectivity index is 1.81. The Morgan fingerprint density at radius 1 is 1.25 bits per heavy atom. The van der Waals surface area contributed by atoms with E-state index in [-0.39, 0.29) is 0 Å². The van der Waals surface area contributed by atoms with Crippen LogP contribution in [-0.4, -0.2) is 56.2 Å². The summed E-state index contributed by atoms with van der Waals surface area (Å²) in [5.74, 6) is 1.11. The van der Waals surface area contributed by atoms with E-state index < -0.39 is 0 Å². The first-order valence-corrected chi connectivity index (χ1v) is 5.93. The fourth-order valence-electron chi connectivity index (χ4n) is 2.01. The Labute approximate surface area is 97.3 Å². The van der Waals surface area contributed by atoms with Crippen LogP contribution in [0.15, 0.2) is 24.4 Å². The third kappa shape index (κ3) is 2.93. The average molecular weight is 220 g/mol. The van der Waals surface area contributed by atoms with Gasteiger partial charge in [0.1, 0.15) is 5.82 Å². The van der Waals surface area contributed by atoms with Crippen molar-refractivity contribution in [2.24, 2.45) is 0 Å². The maximum Gasteiger partial charge on any atom is 0.128 e. The van der Waals surface area contributed by atoms with Gasteiger partial charge < -0.3 is 10.2 Å². The average Bonchev–Trinajstić information content (AvgIpc) is 2.38. The van der Waals surface area contributed by atoms with Crippen LogP contribution in [0.3, 0.4) is 0 Å². The van der Waals surface area contributed by atoms with Crippen LogP contribution in [0.1, 0.15) is 0 Å². The van der Waals surface area contributed by atoms with E-state index in [4.69, 9.17) is 0 Å². The minimum atomic E-state index is 1.07. The van der Waals surface area contributed by atoms with Gasteiger partial charge in [0.25, 0.3) is 0 Å². The number of pyridine rings is 1. The monoisotopic (exact) mass is 220 g/mol. The number of hydrogen-bond donors (Lipinski definition) is 1. The second-order valence-electron chi connectivity index (χ2n) is 4.12. The first-order valence-electron chi connectivity index (χ1n) is 5.93. The van der Waals surface area contributed by atoms with Crippen LogP contribution in [0.2, 0.25) is 0 Å². The van der Waals surface area contributed by atoms with Crippen molar-refractivity contribution >= 4 is 5.82 Å². The summed E-state index contributed by atoms with van der Waals surface area (Å²) >= 11 is 0. The van der Waals surface area contributed by atoms with E-state index in [0.29, 0.717) is 0 Å². The number of anilines is 1. The number of piperazine rings is 1. The zero-order valence-electron chi connectivity index (χ0n) is 9.89. The van der Waals surface area contributed by atoms with Crippen molar-refractivity contribution in [1.82, 2.24) is 15.2 Å². The van der Waals surface area contributed by atoms with E-state index in [2.05, 4.69) is 32.2 Å². The van der Waals surface area contributed by atoms with E-state index in [1.165, 1.54) is 0 Å². The Morgan fingerprint density at radius 2 is 2.06 bits per heavy atom. The molecular weight excluding hydrogens is 200 g/mol. The standard InChI is InChI=1S/C12H20N4/c1-13-6-7-15-8-10-16(11-9-15)12-4-2-3-5-14-12/h2-5,13H,6-11H2,1H3. The first kappa shape index (κ1) is 11.4. The summed E-state index contributed by atoms with van der Waals surface area (Å²) in [7, 11) is 2.00. The lowest BCUT2D eigenvalue weighted by Gasteiger charge is -2.35. The van der Waals surface area contributed by atoms with Crippen molar-refractivity contribution in [2.45, 2.75) is 0 Å². The molecule has 1 saturated heterocycles. The topological polar surface area (TPSA) is 31.4 Å². The van der Waals surface area contributed by atoms with Gasteiger partial charge in [-0.15, -0.1) is 0 Å². The number of nitrogens with zero attached hydrogens (tertiary/aromatic N) is 3. The summed E-state index contributed by atoms with van der Waals surface area (Å²) in [4.78, 5) is 9.24. The fraction of sp³-hybridized carbons (Fsp3) is 0.583. The van der Waals surface area contributed by atoms with Crippen LogP contribution in [0.4, 0.5) is 5.82 Å². The molecule has 0 saturated carbocycles. The van der Waals surface area contributed by atoms with Gasteiger partial charge in [-0.05, 0) is 19.2 Å². The van der Waals surface area contributed by atoms with Gasteiger partial charge in [0.2, 0.25) is 0 Å². The van der Waals surface area contributed by atoms with Gasteiger partial charge >= 0.3 is 0 Å². The molecule has 0 bridgehead atoms. The minimum absolute atomic E-state index is 1.07. The van der Waals surface area contributed by atoms with Gasteiger partial charge in [0.15, 0.2) is 0 Å². The number of rotatable bonds is 4. The molecular formula is C12H20N4. The predicted molar refractivity (Wildman–Crippen MR) is 66.8 cm³/mol. The highest BCUT2D eigenvalue weighted by molar-refractivity contribution is 5.38. The zero-order chi connectivity index (χ0) is 11.2. The number of likely N-dealkylation sites (N-methyl/N-ethyl adjacent to an activating group) is 1. The lowest BCUT2D eigenvalue weighted by atomic mass is 10.3. The molecule has 0 aromatic carbocycles. The molecule has 2 heterocycles. The molecule has 1 aliphatic rings. The van der Waals surface area contributed by atoms with Crippen LogP contribution < -0.4 is 10.2 Å². The van der Waals surface area contributed by atoms with Gasteiger partial charge in [-0.2, -0.15) is 0 Å². The Morgan fingerprint density at radius 3 is 2.69 bits per heavy atom. The molecule has 0 amide bonds. The Bertz CT molecular complexity index is 293. The van der Waals surface area contributed by atoms with Crippen LogP contribution in [0.5, 0.6) is 0 Å². The van der Waals surface area contributed by atoms with Crippen molar-refractivity contribution in [3.05, 3.63) is 24.4 Å². The molecule has 16 heavy (non-hydrogen) atoms. The fourth-order valence-corrected chi connectivity index (χ4v) is 2.01. The summed E-state index contributed by atoms with van der Waals surface area (Å²) in [6.45, 7) is 6.66. The third-order valence-corrected chi connectivity index (χ3v) is 3.02. The first-order chi connectivity index (χ1) is 7.90. The number of nitrogens with one attached hydrogen (secondary N) is 1. The van der Waals surface area contributed by atoms with Crippen LogP contribution >= 0.6 is 0 Å². The van der Waals surface area contributed by atoms with Crippen LogP contribution in [-0.2, 0) is 0 Å². The number of aromatic nitrogens is 1. The highest BCUT2D eigenvalue weighted by Gasteiger charge is 2.16. The summed E-state index contributed by atoms with van der Waals surface area (Å²) < 4.78 is 0. The molecule has 4 nitrogen and oxygen atoms in total. The highest BCUT2D eigenvalue weighted by atomic mass is 15.3. The number of hydrogen-bond acceptors (Lipinski definition) is 4. The zero-order valence-corrected chi connectivity index (χ0v) is 9.89. The molecule has 0 unspecified atom stereocenters. The smallest absolute Gasteiger partial charge is 0.128 e. The SMILES string of the molecule is CNCCN1CCN(c2ccccn2)CC1. The highest BCUT2D eigenvalue weighted by Crippen LogP contribution is 2.11. The van der Waals surface area contributed by atoms with E-state index in [9.17, 15) is 0 Å². The largest absolute Gasteiger partial charge is 0.354 e. The molecule has 88 valence electrons. The molecule has 1 aromatic rings. The molecule has 1 fully saturated rings. The predicted octanol–water partition coefficient (Wildman–Crippen LogP) is 0.423. The normalized spacial score (nSPS) is 17.7. The third-order valence-electron chi connectivity index (χ3n) is 3.02. The van der Waals surface area contributed by atoms with Gasteiger partial charge in [0, 0.05) is 45.5 Å². The molecule has 0 aliphatic carbocycles. The van der Waals surface area contributed by atoms with E-state index >= 15 is 0 Å². The summed E-state index contributed by atoms with van der Waals surface area (Å²) in [6, 6.07) is 6.10. The van der Waals surface area contributed by atoms with Crippen LogP contribution in [0.25, 0.3) is 0 Å². The van der Waals surface area contributed by atoms with Crippen molar-refractivity contribution in [3.8, 4) is 0 Å². The van der Waals surface area contributed by atoms with E-state index in [0.717, 1.165) is 45.1 Å². The molecule has 1 aromatic heterocycles. The van der Waals surface area contributed by atoms with Crippen molar-refractivity contribution in [1.29, 1.82) is 0 Å². The second-order valence-corrected chi connectivity index (χ2v) is 4.12. The lowest BCUT2D eigenvalue weighted by Crippen LogP contribution is -2.48.